The van der Waals surface area contributed by atoms with Crippen molar-refractivity contribution < 1.29 is 27.8 Å². The second-order valence-corrected chi connectivity index (χ2v) is 8.77. The summed E-state index contributed by atoms with van der Waals surface area (Å²) in [6, 6.07) is 2.37. The van der Waals surface area contributed by atoms with Gasteiger partial charge in [0, 0.05) is 24.9 Å². The first-order valence-electron chi connectivity index (χ1n) is 12.0. The van der Waals surface area contributed by atoms with Gasteiger partial charge in [-0.2, -0.15) is 5.10 Å². The van der Waals surface area contributed by atoms with E-state index in [0.717, 1.165) is 6.20 Å². The van der Waals surface area contributed by atoms with E-state index in [2.05, 4.69) is 31.0 Å². The number of carbonyl (C=O) groups is 1. The molecule has 0 aromatic carbocycles. The minimum absolute atomic E-state index is 0.0249. The Labute approximate surface area is 212 Å². The van der Waals surface area contributed by atoms with Crippen LogP contribution in [0.3, 0.4) is 0 Å². The summed E-state index contributed by atoms with van der Waals surface area (Å²) in [5, 5.41) is 21.9. The lowest BCUT2D eigenvalue weighted by Gasteiger charge is -2.28. The molecular formula is C24H32F3N7O3. The average Bonchev–Trinajstić information content (AvgIpc) is 3.32. The van der Waals surface area contributed by atoms with E-state index in [9.17, 15) is 23.1 Å². The number of carbonyl (C=O) groups excluding carboxylic acids is 1. The quantitative estimate of drug-likeness (QED) is 0.354. The van der Waals surface area contributed by atoms with Crippen molar-refractivity contribution in [3.05, 3.63) is 42.1 Å². The van der Waals surface area contributed by atoms with Crippen molar-refractivity contribution in [3.63, 3.8) is 0 Å². The summed E-state index contributed by atoms with van der Waals surface area (Å²) < 4.78 is 49.4. The first-order valence-corrected chi connectivity index (χ1v) is 12.0. The predicted octanol–water partition coefficient (Wildman–Crippen LogP) is 3.41. The van der Waals surface area contributed by atoms with Crippen LogP contribution < -0.4 is 16.0 Å². The first kappa shape index (κ1) is 28.1. The number of nitrogens with one attached hydrogen (secondary N) is 3. The van der Waals surface area contributed by atoms with Gasteiger partial charge in [-0.05, 0) is 20.3 Å². The zero-order chi connectivity index (χ0) is 27.2. The van der Waals surface area contributed by atoms with Crippen LogP contribution in [-0.2, 0) is 4.74 Å². The van der Waals surface area contributed by atoms with E-state index in [0.29, 0.717) is 18.7 Å². The van der Waals surface area contributed by atoms with E-state index < -0.39 is 42.3 Å². The molecule has 1 aliphatic rings. The molecule has 202 valence electrons. The Bertz CT molecular complexity index is 1200. The van der Waals surface area contributed by atoms with E-state index >= 15 is 0 Å². The standard InChI is InChI=1S/C22H26F3N7O3.C2H6/c1-22(2,34)17(25)9-27-21(33)12-8-26-18(7-16(12)29-15-4-6-35-11-14(15)24)30-20-13(23)10-32-19(31-20)3-5-28-32;1-2/h3,5,7-8,10,14-15,17,34H,4,6,9,11H2,1-2H3,(H,27,33)(H2,26,29,30,31);1-2H3. The number of nitrogens with zero attached hydrogens (tertiary/aromatic N) is 4. The molecule has 1 fully saturated rings. The molecule has 1 amide bonds. The minimum Gasteiger partial charge on any atom is -0.387 e. The number of halogens is 3. The fourth-order valence-electron chi connectivity index (χ4n) is 3.46. The number of fused-ring (bicyclic) bond motifs is 1. The molecule has 1 aliphatic heterocycles. The molecule has 0 aliphatic carbocycles. The van der Waals surface area contributed by atoms with Crippen LogP contribution in [0.4, 0.5) is 30.5 Å². The smallest absolute Gasteiger partial charge is 0.255 e. The monoisotopic (exact) mass is 523 g/mol. The molecule has 0 saturated carbocycles. The number of rotatable bonds is 8. The van der Waals surface area contributed by atoms with Crippen LogP contribution in [0.5, 0.6) is 0 Å². The van der Waals surface area contributed by atoms with Crippen molar-refractivity contribution >= 4 is 28.9 Å². The number of pyridine rings is 1. The molecule has 3 aromatic rings. The maximum absolute atomic E-state index is 14.5. The molecule has 37 heavy (non-hydrogen) atoms. The Kier molecular flexibility index (Phi) is 9.27. The highest BCUT2D eigenvalue weighted by molar-refractivity contribution is 6.00. The molecule has 3 aromatic heterocycles. The molecule has 4 N–H and O–H groups in total. The predicted molar refractivity (Wildman–Crippen MR) is 133 cm³/mol. The summed E-state index contributed by atoms with van der Waals surface area (Å²) in [5.74, 6) is -1.34. The summed E-state index contributed by atoms with van der Waals surface area (Å²) in [4.78, 5) is 21.1. The summed E-state index contributed by atoms with van der Waals surface area (Å²) in [6.07, 6.45) is 1.15. The third-order valence-electron chi connectivity index (χ3n) is 5.57. The third kappa shape index (κ3) is 7.07. The number of amides is 1. The Hall–Kier alpha value is -3.45. The van der Waals surface area contributed by atoms with Crippen LogP contribution in [0.15, 0.2) is 30.7 Å². The number of aromatic nitrogens is 4. The van der Waals surface area contributed by atoms with Crippen LogP contribution in [0, 0.1) is 5.82 Å². The lowest BCUT2D eigenvalue weighted by atomic mass is 10.0. The van der Waals surface area contributed by atoms with Gasteiger partial charge in [-0.25, -0.2) is 27.7 Å². The summed E-state index contributed by atoms with van der Waals surface area (Å²) in [7, 11) is 0. The number of anilines is 3. The lowest BCUT2D eigenvalue weighted by Crippen LogP contribution is -2.42. The van der Waals surface area contributed by atoms with E-state index in [1.54, 1.807) is 6.07 Å². The largest absolute Gasteiger partial charge is 0.387 e. The SMILES string of the molecule is CC.CC(C)(O)C(F)CNC(=O)c1cnc(Nc2nc3ccnn3cc2F)cc1NC1CCOCC1F. The second kappa shape index (κ2) is 12.2. The van der Waals surface area contributed by atoms with Crippen LogP contribution in [0.25, 0.3) is 5.65 Å². The Morgan fingerprint density at radius 3 is 2.84 bits per heavy atom. The van der Waals surface area contributed by atoms with Crippen LogP contribution in [0.2, 0.25) is 0 Å². The van der Waals surface area contributed by atoms with E-state index in [1.165, 1.54) is 36.8 Å². The number of hydrogen-bond acceptors (Lipinski definition) is 8. The van der Waals surface area contributed by atoms with Crippen molar-refractivity contribution in [2.24, 2.45) is 0 Å². The highest BCUT2D eigenvalue weighted by atomic mass is 19.1. The molecule has 0 spiro atoms. The molecule has 1 saturated heterocycles. The topological polar surface area (TPSA) is 126 Å². The zero-order valence-electron chi connectivity index (χ0n) is 21.1. The Morgan fingerprint density at radius 2 is 2.14 bits per heavy atom. The highest BCUT2D eigenvalue weighted by Gasteiger charge is 2.29. The van der Waals surface area contributed by atoms with Gasteiger partial charge in [-0.1, -0.05) is 13.8 Å². The van der Waals surface area contributed by atoms with Crippen LogP contribution >= 0.6 is 0 Å². The average molecular weight is 524 g/mol. The molecule has 3 unspecified atom stereocenters. The fourth-order valence-corrected chi connectivity index (χ4v) is 3.46. The van der Waals surface area contributed by atoms with Crippen molar-refractivity contribution in [2.75, 3.05) is 30.4 Å². The van der Waals surface area contributed by atoms with Gasteiger partial charge in [0.05, 0.1) is 48.4 Å². The summed E-state index contributed by atoms with van der Waals surface area (Å²) in [5.41, 5.74) is -1.01. The van der Waals surface area contributed by atoms with Crippen molar-refractivity contribution in [2.45, 2.75) is 58.1 Å². The van der Waals surface area contributed by atoms with E-state index in [4.69, 9.17) is 4.74 Å². The minimum atomic E-state index is -1.71. The third-order valence-corrected chi connectivity index (χ3v) is 5.57. The normalized spacial score (nSPS) is 18.5. The molecule has 0 bridgehead atoms. The molecule has 0 radical (unpaired) electrons. The van der Waals surface area contributed by atoms with Gasteiger partial charge in [-0.15, -0.1) is 0 Å². The molecule has 10 nitrogen and oxygen atoms in total. The lowest BCUT2D eigenvalue weighted by molar-refractivity contribution is -0.00177. The number of alkyl halides is 2. The van der Waals surface area contributed by atoms with Crippen molar-refractivity contribution in [1.82, 2.24) is 24.9 Å². The number of hydrogen-bond donors (Lipinski definition) is 4. The molecule has 4 heterocycles. The maximum Gasteiger partial charge on any atom is 0.255 e. The van der Waals surface area contributed by atoms with Crippen LogP contribution in [-0.4, -0.2) is 74.3 Å². The van der Waals surface area contributed by atoms with Gasteiger partial charge < -0.3 is 25.8 Å². The van der Waals surface area contributed by atoms with Gasteiger partial charge in [0.15, 0.2) is 17.3 Å². The van der Waals surface area contributed by atoms with Gasteiger partial charge >= 0.3 is 0 Å². The number of ether oxygens (including phenoxy) is 1. The first-order chi connectivity index (χ1) is 17.6. The molecular weight excluding hydrogens is 491 g/mol. The maximum atomic E-state index is 14.5. The summed E-state index contributed by atoms with van der Waals surface area (Å²) in [6.45, 7) is 6.39. The van der Waals surface area contributed by atoms with Gasteiger partial charge in [-0.3, -0.25) is 4.79 Å². The number of aliphatic hydroxyl groups is 1. The van der Waals surface area contributed by atoms with Crippen LogP contribution in [0.1, 0.15) is 44.5 Å². The highest BCUT2D eigenvalue weighted by Crippen LogP contribution is 2.26. The van der Waals surface area contributed by atoms with Gasteiger partial charge in [0.1, 0.15) is 18.2 Å². The van der Waals surface area contributed by atoms with E-state index in [-0.39, 0.29) is 29.5 Å². The Balaban J connectivity index is 0.00000186. The Morgan fingerprint density at radius 1 is 1.38 bits per heavy atom. The molecule has 13 heteroatoms. The van der Waals surface area contributed by atoms with Crippen molar-refractivity contribution in [1.29, 1.82) is 0 Å². The van der Waals surface area contributed by atoms with Gasteiger partial charge in [0.25, 0.3) is 5.91 Å². The second-order valence-electron chi connectivity index (χ2n) is 8.77. The molecule has 3 atom stereocenters. The molecule has 4 rings (SSSR count). The summed E-state index contributed by atoms with van der Waals surface area (Å²) >= 11 is 0. The fraction of sp³-hybridized carbons (Fsp3) is 0.500. The van der Waals surface area contributed by atoms with Crippen molar-refractivity contribution in [3.8, 4) is 0 Å². The zero-order valence-corrected chi connectivity index (χ0v) is 21.1. The van der Waals surface area contributed by atoms with Gasteiger partial charge in [0.2, 0.25) is 0 Å². The van der Waals surface area contributed by atoms with E-state index in [1.807, 2.05) is 13.8 Å².